The van der Waals surface area contributed by atoms with Gasteiger partial charge in [-0.2, -0.15) is 4.31 Å². The second-order valence-corrected chi connectivity index (χ2v) is 12.1. The lowest BCUT2D eigenvalue weighted by molar-refractivity contribution is -0.136. The van der Waals surface area contributed by atoms with Crippen molar-refractivity contribution in [2.45, 2.75) is 58.3 Å². The van der Waals surface area contributed by atoms with Crippen LogP contribution in [-0.4, -0.2) is 48.7 Å². The zero-order valence-electron chi connectivity index (χ0n) is 23.1. The van der Waals surface area contributed by atoms with Crippen molar-refractivity contribution in [2.75, 3.05) is 19.7 Å². The van der Waals surface area contributed by atoms with E-state index in [4.69, 9.17) is 4.74 Å². The average Bonchev–Trinajstić information content (AvgIpc) is 3.07. The quantitative estimate of drug-likeness (QED) is 0.204. The summed E-state index contributed by atoms with van der Waals surface area (Å²) in [6.07, 6.45) is 6.64. The van der Waals surface area contributed by atoms with Gasteiger partial charge in [0.25, 0.3) is 0 Å². The number of sulfonamides is 1. The fraction of sp³-hybridized carbons (Fsp3) is 0.355. The maximum Gasteiger partial charge on any atom is 0.331 e. The first-order valence-corrected chi connectivity index (χ1v) is 14.8. The van der Waals surface area contributed by atoms with E-state index < -0.39 is 16.0 Å². The number of rotatable bonds is 8. The number of ether oxygens (including phenoxy) is 1. The van der Waals surface area contributed by atoms with E-state index in [-0.39, 0.29) is 17.3 Å². The SMILES string of the molecule is Cc1ccc(-n2c(C)cc(C(=O)COC(=O)/C=C/c3ccc(S(=O)(=O)N4CCCCCC4)cc3)c2C)cc1C. The van der Waals surface area contributed by atoms with E-state index in [0.29, 0.717) is 24.2 Å². The molecule has 0 bridgehead atoms. The molecule has 7 nitrogen and oxygen atoms in total. The van der Waals surface area contributed by atoms with Crippen molar-refractivity contribution in [1.29, 1.82) is 0 Å². The number of carbonyl (C=O) groups is 2. The third-order valence-electron chi connectivity index (χ3n) is 7.32. The van der Waals surface area contributed by atoms with Crippen molar-refractivity contribution in [1.82, 2.24) is 8.87 Å². The van der Waals surface area contributed by atoms with Gasteiger partial charge in [-0.25, -0.2) is 13.2 Å². The molecule has 0 N–H and O–H groups in total. The summed E-state index contributed by atoms with van der Waals surface area (Å²) in [7, 11) is -3.53. The van der Waals surface area contributed by atoms with E-state index in [1.165, 1.54) is 17.2 Å². The molecule has 1 saturated heterocycles. The maximum absolute atomic E-state index is 12.9. The van der Waals surface area contributed by atoms with Crippen molar-refractivity contribution in [3.63, 3.8) is 0 Å². The molecule has 1 aliphatic rings. The number of ketones is 1. The number of hydrogen-bond donors (Lipinski definition) is 0. The number of esters is 1. The molecule has 3 aromatic rings. The predicted molar refractivity (Wildman–Crippen MR) is 153 cm³/mol. The van der Waals surface area contributed by atoms with Crippen LogP contribution in [0.3, 0.4) is 0 Å². The zero-order chi connectivity index (χ0) is 28.2. The summed E-state index contributed by atoms with van der Waals surface area (Å²) in [4.78, 5) is 25.4. The standard InChI is InChI=1S/C31H36N2O5S/c1-22-9-13-27(19-23(22)2)33-24(3)20-29(25(33)4)30(34)21-38-31(35)16-12-26-10-14-28(15-11-26)39(36,37)32-17-7-5-6-8-18-32/h9-16,19-20H,5-8,17-18,21H2,1-4H3/b16-12+. The number of Topliss-reactive ketones (excluding diaryl/α,β-unsaturated/α-hetero) is 1. The van der Waals surface area contributed by atoms with Crippen LogP contribution in [0.1, 0.15) is 64.1 Å². The Kier molecular flexibility index (Phi) is 8.87. The van der Waals surface area contributed by atoms with Crippen molar-refractivity contribution in [3.05, 3.63) is 88.2 Å². The van der Waals surface area contributed by atoms with Gasteiger partial charge in [0.1, 0.15) is 0 Å². The van der Waals surface area contributed by atoms with Gasteiger partial charge in [0.2, 0.25) is 15.8 Å². The molecule has 0 amide bonds. The minimum absolute atomic E-state index is 0.244. The molecule has 1 fully saturated rings. The Hall–Kier alpha value is -3.49. The summed E-state index contributed by atoms with van der Waals surface area (Å²) in [5.41, 5.74) is 6.24. The number of carbonyl (C=O) groups excluding carboxylic acids is 2. The lowest BCUT2D eigenvalue weighted by Crippen LogP contribution is -2.31. The normalized spacial score (nSPS) is 14.9. The van der Waals surface area contributed by atoms with Gasteiger partial charge in [-0.1, -0.05) is 31.0 Å². The summed E-state index contributed by atoms with van der Waals surface area (Å²) >= 11 is 0. The van der Waals surface area contributed by atoms with Crippen LogP contribution in [0.25, 0.3) is 11.8 Å². The lowest BCUT2D eigenvalue weighted by atomic mass is 10.1. The van der Waals surface area contributed by atoms with Gasteiger partial charge in [0.15, 0.2) is 6.61 Å². The molecule has 0 saturated carbocycles. The molecule has 39 heavy (non-hydrogen) atoms. The summed E-state index contributed by atoms with van der Waals surface area (Å²) < 4.78 is 34.7. The van der Waals surface area contributed by atoms with Gasteiger partial charge in [0.05, 0.1) is 4.90 Å². The minimum Gasteiger partial charge on any atom is -0.454 e. The first-order valence-electron chi connectivity index (χ1n) is 13.3. The van der Waals surface area contributed by atoms with Gasteiger partial charge in [-0.05, 0) is 93.6 Å². The third-order valence-corrected chi connectivity index (χ3v) is 9.23. The van der Waals surface area contributed by atoms with E-state index in [1.54, 1.807) is 34.6 Å². The minimum atomic E-state index is -3.53. The Balaban J connectivity index is 1.36. The molecule has 4 rings (SSSR count). The first-order chi connectivity index (χ1) is 18.6. The summed E-state index contributed by atoms with van der Waals surface area (Å²) in [6, 6.07) is 14.4. The van der Waals surface area contributed by atoms with Crippen LogP contribution in [0.5, 0.6) is 0 Å². The average molecular weight is 549 g/mol. The molecule has 1 aromatic heterocycles. The molecular weight excluding hydrogens is 512 g/mol. The van der Waals surface area contributed by atoms with Gasteiger partial charge in [0, 0.05) is 41.8 Å². The second kappa shape index (κ2) is 12.1. The molecule has 1 aliphatic heterocycles. The highest BCUT2D eigenvalue weighted by molar-refractivity contribution is 7.89. The zero-order valence-corrected chi connectivity index (χ0v) is 23.9. The van der Waals surface area contributed by atoms with E-state index in [1.807, 2.05) is 30.5 Å². The van der Waals surface area contributed by atoms with E-state index in [9.17, 15) is 18.0 Å². The number of nitrogens with zero attached hydrogens (tertiary/aromatic N) is 2. The van der Waals surface area contributed by atoms with Crippen LogP contribution < -0.4 is 0 Å². The van der Waals surface area contributed by atoms with E-state index in [2.05, 4.69) is 26.0 Å². The number of benzene rings is 2. The van der Waals surface area contributed by atoms with Crippen molar-refractivity contribution < 1.29 is 22.7 Å². The number of hydrogen-bond acceptors (Lipinski definition) is 5. The molecule has 0 atom stereocenters. The van der Waals surface area contributed by atoms with Crippen LogP contribution in [0.2, 0.25) is 0 Å². The molecule has 0 spiro atoms. The van der Waals surface area contributed by atoms with E-state index >= 15 is 0 Å². The highest BCUT2D eigenvalue weighted by Crippen LogP contribution is 2.24. The Labute approximate surface area is 231 Å². The Morgan fingerprint density at radius 1 is 0.872 bits per heavy atom. The van der Waals surface area contributed by atoms with Crippen molar-refractivity contribution in [2.24, 2.45) is 0 Å². The molecular formula is C31H36N2O5S. The molecule has 0 radical (unpaired) electrons. The van der Waals surface area contributed by atoms with Crippen LogP contribution in [0.15, 0.2) is 59.5 Å². The Morgan fingerprint density at radius 2 is 1.54 bits per heavy atom. The molecule has 2 aromatic carbocycles. The highest BCUT2D eigenvalue weighted by atomic mass is 32.2. The first kappa shape index (κ1) is 28.5. The largest absolute Gasteiger partial charge is 0.454 e. The van der Waals surface area contributed by atoms with Gasteiger partial charge >= 0.3 is 5.97 Å². The molecule has 0 aliphatic carbocycles. The third kappa shape index (κ3) is 6.57. The van der Waals surface area contributed by atoms with Gasteiger partial charge in [-0.15, -0.1) is 0 Å². The van der Waals surface area contributed by atoms with Crippen molar-refractivity contribution >= 4 is 27.9 Å². The fourth-order valence-electron chi connectivity index (χ4n) is 4.92. The Bertz CT molecular complexity index is 1490. The number of aryl methyl sites for hydroxylation is 3. The number of aromatic nitrogens is 1. The molecule has 0 unspecified atom stereocenters. The monoisotopic (exact) mass is 548 g/mol. The molecule has 206 valence electrons. The lowest BCUT2D eigenvalue weighted by Gasteiger charge is -2.19. The second-order valence-electron chi connectivity index (χ2n) is 10.1. The summed E-state index contributed by atoms with van der Waals surface area (Å²) in [5.74, 6) is -0.921. The predicted octanol–water partition coefficient (Wildman–Crippen LogP) is 5.71. The van der Waals surface area contributed by atoms with Gasteiger partial charge in [-0.3, -0.25) is 4.79 Å². The Morgan fingerprint density at radius 3 is 2.18 bits per heavy atom. The molecule has 2 heterocycles. The van der Waals surface area contributed by atoms with Crippen LogP contribution in [0.4, 0.5) is 0 Å². The van der Waals surface area contributed by atoms with Crippen molar-refractivity contribution in [3.8, 4) is 5.69 Å². The summed E-state index contributed by atoms with van der Waals surface area (Å²) in [6.45, 7) is 8.66. The van der Waals surface area contributed by atoms with Crippen LogP contribution in [-0.2, 0) is 19.6 Å². The highest BCUT2D eigenvalue weighted by Gasteiger charge is 2.25. The van der Waals surface area contributed by atoms with Gasteiger partial charge < -0.3 is 9.30 Å². The fourth-order valence-corrected chi connectivity index (χ4v) is 6.43. The topological polar surface area (TPSA) is 85.7 Å². The van der Waals surface area contributed by atoms with Crippen LogP contribution >= 0.6 is 0 Å². The smallest absolute Gasteiger partial charge is 0.331 e. The van der Waals surface area contributed by atoms with E-state index in [0.717, 1.165) is 42.8 Å². The molecule has 8 heteroatoms. The maximum atomic E-state index is 12.9. The van der Waals surface area contributed by atoms with Crippen LogP contribution in [0, 0.1) is 27.7 Å². The summed E-state index contributed by atoms with van der Waals surface area (Å²) in [5, 5.41) is 0.